The van der Waals surface area contributed by atoms with Crippen LogP contribution >= 0.6 is 11.6 Å². The summed E-state index contributed by atoms with van der Waals surface area (Å²) in [5.74, 6) is -3.51. The Labute approximate surface area is 143 Å². The molecular weight excluding hydrogens is 342 g/mol. The molecule has 2 N–H and O–H groups in total. The molecule has 4 nitrogen and oxygen atoms in total. The lowest BCUT2D eigenvalue weighted by atomic mass is 9.91. The average molecular weight is 361 g/mol. The van der Waals surface area contributed by atoms with Crippen LogP contribution in [0.25, 0.3) is 0 Å². The lowest BCUT2D eigenvalue weighted by Gasteiger charge is -2.18. The summed E-state index contributed by atoms with van der Waals surface area (Å²) >= 11 is 5.78. The molecule has 1 heterocycles. The maximum Gasteiger partial charge on any atom is 0.299 e. The van der Waals surface area contributed by atoms with Crippen LogP contribution in [0.3, 0.4) is 0 Å². The molecule has 2 fully saturated rings. The molecule has 1 aliphatic heterocycles. The molecule has 0 radical (unpaired) electrons. The maximum absolute atomic E-state index is 14.0. The lowest BCUT2D eigenvalue weighted by Crippen LogP contribution is -2.25. The van der Waals surface area contributed by atoms with Gasteiger partial charge in [-0.3, -0.25) is 0 Å². The van der Waals surface area contributed by atoms with Gasteiger partial charge in [0, 0.05) is 23.8 Å². The predicted molar refractivity (Wildman–Crippen MR) is 84.1 cm³/mol. The molecule has 1 unspecified atom stereocenters. The number of hydrogen-bond acceptors (Lipinski definition) is 4. The normalized spacial score (nSPS) is 33.1. The fourth-order valence-electron chi connectivity index (χ4n) is 3.37. The first-order valence-electron chi connectivity index (χ1n) is 7.81. The van der Waals surface area contributed by atoms with Gasteiger partial charge in [0.05, 0.1) is 12.2 Å². The molecule has 0 bridgehead atoms. The highest BCUT2D eigenvalue weighted by molar-refractivity contribution is 6.30. The average Bonchev–Trinajstić information content (AvgIpc) is 2.98. The van der Waals surface area contributed by atoms with Crippen molar-refractivity contribution >= 4 is 11.6 Å². The number of aliphatic hydroxyl groups is 2. The topological polar surface area (TPSA) is 58.9 Å². The predicted octanol–water partition coefficient (Wildman–Crippen LogP) is 3.01. The molecule has 1 saturated carbocycles. The van der Waals surface area contributed by atoms with Gasteiger partial charge in [-0.15, -0.1) is 0 Å². The number of fused-ring (bicyclic) bond motifs is 1. The summed E-state index contributed by atoms with van der Waals surface area (Å²) in [6.45, 7) is -0.820. The van der Waals surface area contributed by atoms with E-state index in [0.717, 1.165) is 6.08 Å². The molecule has 1 aromatic rings. The molecule has 7 heteroatoms. The highest BCUT2D eigenvalue weighted by Gasteiger charge is 2.48. The van der Waals surface area contributed by atoms with Crippen LogP contribution in [0.5, 0.6) is 5.75 Å². The minimum atomic E-state index is -3.18. The summed E-state index contributed by atoms with van der Waals surface area (Å²) in [5, 5.41) is 19.9. The van der Waals surface area contributed by atoms with Crippen molar-refractivity contribution in [1.29, 1.82) is 0 Å². The van der Waals surface area contributed by atoms with E-state index in [1.165, 1.54) is 12.1 Å². The Balaban J connectivity index is 1.60. The van der Waals surface area contributed by atoms with Crippen molar-refractivity contribution in [2.75, 3.05) is 6.61 Å². The molecule has 1 aromatic carbocycles. The first kappa shape index (κ1) is 17.6. The van der Waals surface area contributed by atoms with E-state index < -0.39 is 30.8 Å². The Morgan fingerprint density at radius 3 is 2.88 bits per heavy atom. The first-order valence-corrected chi connectivity index (χ1v) is 8.19. The fraction of sp³-hybridized carbons (Fsp3) is 0.529. The second kappa shape index (κ2) is 6.96. The van der Waals surface area contributed by atoms with Crippen molar-refractivity contribution < 1.29 is 28.5 Å². The SMILES string of the molecule is OC1C[C@@H]2[C@@H](/C=C/C(F)(F)COc3cccc(Cl)c3)[C@H](O)C[C@@H]2O1. The lowest BCUT2D eigenvalue weighted by molar-refractivity contribution is -0.0949. The van der Waals surface area contributed by atoms with Gasteiger partial charge in [0.25, 0.3) is 5.92 Å². The molecule has 3 rings (SSSR count). The van der Waals surface area contributed by atoms with Crippen LogP contribution in [-0.2, 0) is 4.74 Å². The Kier molecular flexibility index (Phi) is 5.11. The first-order chi connectivity index (χ1) is 11.3. The van der Waals surface area contributed by atoms with Crippen LogP contribution in [0, 0.1) is 11.8 Å². The van der Waals surface area contributed by atoms with Gasteiger partial charge in [0.1, 0.15) is 5.75 Å². The zero-order chi connectivity index (χ0) is 17.3. The number of ether oxygens (including phenoxy) is 2. The molecule has 5 atom stereocenters. The summed E-state index contributed by atoms with van der Waals surface area (Å²) < 4.78 is 38.4. The van der Waals surface area contributed by atoms with Crippen molar-refractivity contribution in [2.24, 2.45) is 11.8 Å². The van der Waals surface area contributed by atoms with Crippen LogP contribution in [0.4, 0.5) is 8.78 Å². The van der Waals surface area contributed by atoms with Gasteiger partial charge in [0.2, 0.25) is 0 Å². The Bertz CT molecular complexity index is 610. The zero-order valence-corrected chi connectivity index (χ0v) is 13.6. The van der Waals surface area contributed by atoms with Gasteiger partial charge in [0.15, 0.2) is 12.9 Å². The quantitative estimate of drug-likeness (QED) is 0.792. The van der Waals surface area contributed by atoms with Gasteiger partial charge in [-0.1, -0.05) is 23.7 Å². The highest BCUT2D eigenvalue weighted by Crippen LogP contribution is 2.43. The number of alkyl halides is 2. The summed E-state index contributed by atoms with van der Waals surface area (Å²) in [4.78, 5) is 0. The molecule has 1 saturated heterocycles. The molecular formula is C17H19ClF2O4. The van der Waals surface area contributed by atoms with Gasteiger partial charge in [-0.2, -0.15) is 8.78 Å². The van der Waals surface area contributed by atoms with Crippen molar-refractivity contribution in [3.63, 3.8) is 0 Å². The van der Waals surface area contributed by atoms with Gasteiger partial charge in [-0.05, 0) is 30.2 Å². The molecule has 2 aliphatic rings. The number of hydrogen-bond donors (Lipinski definition) is 2. The third kappa shape index (κ3) is 4.06. The minimum absolute atomic E-state index is 0.143. The summed E-state index contributed by atoms with van der Waals surface area (Å²) in [5.41, 5.74) is 0. The Morgan fingerprint density at radius 2 is 2.12 bits per heavy atom. The summed E-state index contributed by atoms with van der Waals surface area (Å²) in [7, 11) is 0. The van der Waals surface area contributed by atoms with E-state index in [-0.39, 0.29) is 17.8 Å². The number of aliphatic hydroxyl groups excluding tert-OH is 2. The number of rotatable bonds is 5. The second-order valence-electron chi connectivity index (χ2n) is 6.28. The molecule has 0 aromatic heterocycles. The molecule has 0 spiro atoms. The third-order valence-corrected chi connectivity index (χ3v) is 4.72. The van der Waals surface area contributed by atoms with E-state index >= 15 is 0 Å². The summed E-state index contributed by atoms with van der Waals surface area (Å²) in [6.07, 6.45) is 0.878. The van der Waals surface area contributed by atoms with Crippen LogP contribution in [-0.4, -0.2) is 41.2 Å². The number of halogens is 3. The maximum atomic E-state index is 14.0. The smallest absolute Gasteiger partial charge is 0.299 e. The molecule has 0 amide bonds. The van der Waals surface area contributed by atoms with Crippen molar-refractivity contribution in [3.8, 4) is 5.75 Å². The van der Waals surface area contributed by atoms with E-state index in [1.54, 1.807) is 18.2 Å². The minimum Gasteiger partial charge on any atom is -0.487 e. The van der Waals surface area contributed by atoms with Gasteiger partial charge >= 0.3 is 0 Å². The number of benzene rings is 1. The van der Waals surface area contributed by atoms with Crippen LogP contribution in [0.2, 0.25) is 5.02 Å². The Morgan fingerprint density at radius 1 is 1.33 bits per heavy atom. The third-order valence-electron chi connectivity index (χ3n) is 4.49. The van der Waals surface area contributed by atoms with E-state index in [0.29, 0.717) is 17.9 Å². The molecule has 132 valence electrons. The van der Waals surface area contributed by atoms with E-state index in [1.807, 2.05) is 0 Å². The molecule has 24 heavy (non-hydrogen) atoms. The van der Waals surface area contributed by atoms with Crippen LogP contribution in [0.15, 0.2) is 36.4 Å². The second-order valence-corrected chi connectivity index (χ2v) is 6.71. The fourth-order valence-corrected chi connectivity index (χ4v) is 3.55. The van der Waals surface area contributed by atoms with E-state index in [2.05, 4.69) is 0 Å². The highest BCUT2D eigenvalue weighted by atomic mass is 35.5. The van der Waals surface area contributed by atoms with E-state index in [9.17, 15) is 19.0 Å². The van der Waals surface area contributed by atoms with Gasteiger partial charge in [-0.25, -0.2) is 0 Å². The van der Waals surface area contributed by atoms with E-state index in [4.69, 9.17) is 21.1 Å². The van der Waals surface area contributed by atoms with Crippen LogP contribution in [0.1, 0.15) is 12.8 Å². The van der Waals surface area contributed by atoms with Crippen LogP contribution < -0.4 is 4.74 Å². The largest absolute Gasteiger partial charge is 0.487 e. The Hall–Kier alpha value is -1.21. The monoisotopic (exact) mass is 360 g/mol. The zero-order valence-electron chi connectivity index (χ0n) is 12.8. The van der Waals surface area contributed by atoms with Gasteiger partial charge < -0.3 is 19.7 Å². The standard InChI is InChI=1S/C17H19ClF2O4/c18-10-2-1-3-11(6-10)23-9-17(19,20)5-4-12-13-7-16(22)24-15(13)8-14(12)21/h1-6,12-16,21-22H,7-9H2/b5-4+/t12-,13-,14-,15+,16?/m1/s1. The summed E-state index contributed by atoms with van der Waals surface area (Å²) in [6, 6.07) is 6.26. The molecule has 1 aliphatic carbocycles. The van der Waals surface area contributed by atoms with Crippen molar-refractivity contribution in [1.82, 2.24) is 0 Å². The van der Waals surface area contributed by atoms with Crippen molar-refractivity contribution in [2.45, 2.75) is 37.3 Å². The van der Waals surface area contributed by atoms with Crippen molar-refractivity contribution in [3.05, 3.63) is 41.4 Å².